The van der Waals surface area contributed by atoms with Gasteiger partial charge in [-0.25, -0.2) is 4.68 Å². The molecule has 0 spiro atoms. The van der Waals surface area contributed by atoms with Gasteiger partial charge in [0.1, 0.15) is 11.3 Å². The largest absolute Gasteiger partial charge is 0.384 e. The normalized spacial score (nSPS) is 11.8. The molecule has 0 unspecified atom stereocenters. The molecule has 0 aliphatic heterocycles. The van der Waals surface area contributed by atoms with Crippen LogP contribution in [0.3, 0.4) is 0 Å². The number of aromatic nitrogens is 3. The minimum atomic E-state index is -1.03. The van der Waals surface area contributed by atoms with Gasteiger partial charge in [0.2, 0.25) is 0 Å². The summed E-state index contributed by atoms with van der Waals surface area (Å²) in [6, 6.07) is 5.08. The van der Waals surface area contributed by atoms with Gasteiger partial charge >= 0.3 is 0 Å². The van der Waals surface area contributed by atoms with E-state index in [1.807, 2.05) is 0 Å². The maximum Gasteiger partial charge on any atom is 0.114 e. The maximum absolute atomic E-state index is 9.79. The Balaban J connectivity index is 2.44. The first-order valence-electron chi connectivity index (χ1n) is 4.98. The summed E-state index contributed by atoms with van der Waals surface area (Å²) in [6.45, 7) is 3.29. The highest BCUT2D eigenvalue weighted by Gasteiger charge is 2.20. The van der Waals surface area contributed by atoms with Gasteiger partial charge in [0.05, 0.1) is 11.9 Å². The summed E-state index contributed by atoms with van der Waals surface area (Å²) in [7, 11) is 0. The Morgan fingerprint density at radius 1 is 1.18 bits per heavy atom. The average molecular weight is 272 g/mol. The Hall–Kier alpha value is -1.10. The predicted molar refractivity (Wildman–Crippen MR) is 66.6 cm³/mol. The number of aliphatic hydroxyl groups is 1. The molecule has 0 radical (unpaired) electrons. The average Bonchev–Trinajstić information content (AvgIpc) is 2.63. The predicted octanol–water partition coefficient (Wildman–Crippen LogP) is 2.80. The van der Waals surface area contributed by atoms with Crippen LogP contribution < -0.4 is 0 Å². The smallest absolute Gasteiger partial charge is 0.114 e. The summed E-state index contributed by atoms with van der Waals surface area (Å²) in [5, 5.41) is 18.7. The first-order valence-corrected chi connectivity index (χ1v) is 5.73. The first-order chi connectivity index (χ1) is 7.86. The van der Waals surface area contributed by atoms with Crippen molar-refractivity contribution in [3.63, 3.8) is 0 Å². The third-order valence-electron chi connectivity index (χ3n) is 2.23. The zero-order chi connectivity index (χ0) is 12.6. The van der Waals surface area contributed by atoms with Gasteiger partial charge in [0.25, 0.3) is 0 Å². The lowest BCUT2D eigenvalue weighted by Crippen LogP contribution is -2.15. The summed E-state index contributed by atoms with van der Waals surface area (Å²) in [5.41, 5.74) is 0.153. The van der Waals surface area contributed by atoms with Crippen LogP contribution in [0.4, 0.5) is 0 Å². The van der Waals surface area contributed by atoms with E-state index in [1.54, 1.807) is 38.2 Å². The number of hydrogen-bond donors (Lipinski definition) is 1. The van der Waals surface area contributed by atoms with Crippen molar-refractivity contribution >= 4 is 23.2 Å². The molecule has 0 bridgehead atoms. The van der Waals surface area contributed by atoms with Crippen molar-refractivity contribution in [3.8, 4) is 5.69 Å². The minimum Gasteiger partial charge on any atom is -0.384 e. The van der Waals surface area contributed by atoms with E-state index < -0.39 is 5.60 Å². The van der Waals surface area contributed by atoms with Crippen molar-refractivity contribution in [1.82, 2.24) is 15.0 Å². The van der Waals surface area contributed by atoms with Crippen molar-refractivity contribution in [2.75, 3.05) is 0 Å². The van der Waals surface area contributed by atoms with Gasteiger partial charge in [-0.3, -0.25) is 0 Å². The van der Waals surface area contributed by atoms with Crippen LogP contribution in [0, 0.1) is 0 Å². The van der Waals surface area contributed by atoms with Gasteiger partial charge in [-0.15, -0.1) is 5.10 Å². The van der Waals surface area contributed by atoms with Gasteiger partial charge in [0, 0.05) is 10.0 Å². The third-order valence-corrected chi connectivity index (χ3v) is 2.67. The van der Waals surface area contributed by atoms with Crippen LogP contribution in [-0.4, -0.2) is 20.1 Å². The third kappa shape index (κ3) is 2.77. The Morgan fingerprint density at radius 2 is 1.76 bits per heavy atom. The van der Waals surface area contributed by atoms with E-state index in [2.05, 4.69) is 10.3 Å². The molecule has 0 fully saturated rings. The number of nitrogens with zero attached hydrogens (tertiary/aromatic N) is 3. The van der Waals surface area contributed by atoms with Gasteiger partial charge in [-0.2, -0.15) is 0 Å². The van der Waals surface area contributed by atoms with Crippen LogP contribution in [0.15, 0.2) is 24.4 Å². The van der Waals surface area contributed by atoms with E-state index in [1.165, 1.54) is 4.68 Å². The molecular formula is C11H11Cl2N3O. The second-order valence-corrected chi connectivity index (χ2v) is 5.11. The Labute approximate surface area is 109 Å². The molecule has 0 saturated carbocycles. The second kappa shape index (κ2) is 4.29. The molecule has 4 nitrogen and oxygen atoms in total. The molecule has 1 N–H and O–H groups in total. The first kappa shape index (κ1) is 12.4. The highest BCUT2D eigenvalue weighted by Crippen LogP contribution is 2.23. The molecule has 6 heteroatoms. The molecule has 0 atom stereocenters. The molecule has 90 valence electrons. The maximum atomic E-state index is 9.79. The van der Waals surface area contributed by atoms with Gasteiger partial charge in [-0.1, -0.05) is 28.4 Å². The van der Waals surface area contributed by atoms with E-state index in [0.717, 1.165) is 0 Å². The quantitative estimate of drug-likeness (QED) is 0.914. The molecule has 2 aromatic rings. The highest BCUT2D eigenvalue weighted by molar-refractivity contribution is 6.34. The fourth-order valence-corrected chi connectivity index (χ4v) is 1.86. The molecule has 0 aliphatic rings. The van der Waals surface area contributed by atoms with Gasteiger partial charge in [0.15, 0.2) is 0 Å². The monoisotopic (exact) mass is 271 g/mol. The fourth-order valence-electron chi connectivity index (χ4n) is 1.34. The van der Waals surface area contributed by atoms with Crippen LogP contribution in [0.5, 0.6) is 0 Å². The zero-order valence-corrected chi connectivity index (χ0v) is 10.9. The van der Waals surface area contributed by atoms with E-state index in [-0.39, 0.29) is 0 Å². The van der Waals surface area contributed by atoms with E-state index >= 15 is 0 Å². The van der Waals surface area contributed by atoms with E-state index in [0.29, 0.717) is 21.4 Å². The van der Waals surface area contributed by atoms with Crippen LogP contribution in [-0.2, 0) is 5.60 Å². The topological polar surface area (TPSA) is 50.9 Å². The molecule has 0 saturated heterocycles. The Kier molecular flexibility index (Phi) is 3.12. The van der Waals surface area contributed by atoms with Crippen LogP contribution in [0.25, 0.3) is 5.69 Å². The summed E-state index contributed by atoms with van der Waals surface area (Å²) >= 11 is 11.8. The Bertz CT molecular complexity index is 526. The SMILES string of the molecule is CC(C)(O)c1cn(-c2cc(Cl)cc(Cl)c2)nn1. The van der Waals surface area contributed by atoms with Crippen molar-refractivity contribution in [1.29, 1.82) is 0 Å². The van der Waals surface area contributed by atoms with E-state index in [4.69, 9.17) is 23.2 Å². The van der Waals surface area contributed by atoms with Crippen molar-refractivity contribution in [2.45, 2.75) is 19.4 Å². The standard InChI is InChI=1S/C11H11Cl2N3O/c1-11(2,17)10-6-16(15-14-10)9-4-7(12)3-8(13)5-9/h3-6,17H,1-2H3. The molecule has 17 heavy (non-hydrogen) atoms. The fraction of sp³-hybridized carbons (Fsp3) is 0.273. The van der Waals surface area contributed by atoms with Crippen LogP contribution in [0.2, 0.25) is 10.0 Å². The molecule has 0 amide bonds. The molecule has 1 aromatic carbocycles. The molecular weight excluding hydrogens is 261 g/mol. The number of hydrogen-bond acceptors (Lipinski definition) is 3. The molecule has 0 aliphatic carbocycles. The second-order valence-electron chi connectivity index (χ2n) is 4.24. The van der Waals surface area contributed by atoms with Crippen molar-refractivity contribution in [2.24, 2.45) is 0 Å². The molecule has 1 heterocycles. The Morgan fingerprint density at radius 3 is 2.24 bits per heavy atom. The van der Waals surface area contributed by atoms with Crippen LogP contribution >= 0.6 is 23.2 Å². The summed E-state index contributed by atoms with van der Waals surface area (Å²) in [5.74, 6) is 0. The molecule has 2 rings (SSSR count). The zero-order valence-electron chi connectivity index (χ0n) is 9.35. The van der Waals surface area contributed by atoms with Gasteiger partial charge in [-0.05, 0) is 32.0 Å². The lowest BCUT2D eigenvalue weighted by atomic mass is 10.1. The number of benzene rings is 1. The summed E-state index contributed by atoms with van der Waals surface area (Å²) in [4.78, 5) is 0. The lowest BCUT2D eigenvalue weighted by Gasteiger charge is -2.11. The minimum absolute atomic E-state index is 0.480. The van der Waals surface area contributed by atoms with E-state index in [9.17, 15) is 5.11 Å². The van der Waals surface area contributed by atoms with Gasteiger partial charge < -0.3 is 5.11 Å². The highest BCUT2D eigenvalue weighted by atomic mass is 35.5. The number of rotatable bonds is 2. The molecule has 1 aromatic heterocycles. The number of halogens is 2. The van der Waals surface area contributed by atoms with Crippen LogP contribution in [0.1, 0.15) is 19.5 Å². The van der Waals surface area contributed by atoms with Crippen molar-refractivity contribution < 1.29 is 5.11 Å². The van der Waals surface area contributed by atoms with Crippen molar-refractivity contribution in [3.05, 3.63) is 40.1 Å². The summed E-state index contributed by atoms with van der Waals surface area (Å²) in [6.07, 6.45) is 1.64. The lowest BCUT2D eigenvalue weighted by molar-refractivity contribution is 0.0737. The summed E-state index contributed by atoms with van der Waals surface area (Å²) < 4.78 is 1.52.